The van der Waals surface area contributed by atoms with Crippen LogP contribution in [0, 0.1) is 18.8 Å². The van der Waals surface area contributed by atoms with Crippen LogP contribution in [-0.2, 0) is 0 Å². The minimum atomic E-state index is -0.848. The molecule has 0 spiro atoms. The molecule has 3 nitrogen and oxygen atoms in total. The molecule has 0 saturated heterocycles. The molecular formula is C14H19NO2. The smallest absolute Gasteiger partial charge is 0.337 e. The molecule has 0 bridgehead atoms. The number of anilines is 1. The number of hydrogen-bond donors (Lipinski definition) is 1. The van der Waals surface area contributed by atoms with E-state index in [2.05, 4.69) is 11.8 Å². The number of aryl methyl sites for hydroxylation is 1. The average molecular weight is 233 g/mol. The van der Waals surface area contributed by atoms with Gasteiger partial charge in [-0.15, -0.1) is 0 Å². The topological polar surface area (TPSA) is 40.5 Å². The van der Waals surface area contributed by atoms with Crippen molar-refractivity contribution in [1.82, 2.24) is 0 Å². The normalized spacial score (nSPS) is 22.3. The average Bonchev–Trinajstić information content (AvgIpc) is 2.93. The summed E-state index contributed by atoms with van der Waals surface area (Å²) in [5.74, 6) is 0.665. The van der Waals surface area contributed by atoms with E-state index in [9.17, 15) is 9.90 Å². The van der Waals surface area contributed by atoms with Gasteiger partial charge in [-0.2, -0.15) is 0 Å². The number of carboxylic acid groups (broad SMARTS) is 1. The molecule has 1 aromatic rings. The van der Waals surface area contributed by atoms with Crippen LogP contribution >= 0.6 is 0 Å². The summed E-state index contributed by atoms with van der Waals surface area (Å²) >= 11 is 0. The van der Waals surface area contributed by atoms with Crippen molar-refractivity contribution in [2.24, 2.45) is 11.8 Å². The lowest BCUT2D eigenvalue weighted by Gasteiger charge is -2.21. The molecule has 1 aromatic carbocycles. The van der Waals surface area contributed by atoms with Crippen molar-refractivity contribution >= 4 is 11.7 Å². The Labute approximate surface area is 102 Å². The van der Waals surface area contributed by atoms with Crippen molar-refractivity contribution < 1.29 is 9.90 Å². The number of benzene rings is 1. The molecule has 0 heterocycles. The quantitative estimate of drug-likeness (QED) is 0.869. The van der Waals surface area contributed by atoms with Crippen molar-refractivity contribution in [3.05, 3.63) is 29.3 Å². The Hall–Kier alpha value is -1.51. The van der Waals surface area contributed by atoms with Gasteiger partial charge in [-0.3, -0.25) is 0 Å². The zero-order valence-corrected chi connectivity index (χ0v) is 10.6. The molecule has 1 N–H and O–H groups in total. The fraction of sp³-hybridized carbons (Fsp3) is 0.500. The first-order valence-corrected chi connectivity index (χ1v) is 6.04. The summed E-state index contributed by atoms with van der Waals surface area (Å²) in [6.07, 6.45) is 1.26. The van der Waals surface area contributed by atoms with Crippen LogP contribution in [0.3, 0.4) is 0 Å². The van der Waals surface area contributed by atoms with Gasteiger partial charge in [0.05, 0.1) is 11.3 Å². The third kappa shape index (κ3) is 2.60. The van der Waals surface area contributed by atoms with Gasteiger partial charge < -0.3 is 10.0 Å². The Morgan fingerprint density at radius 1 is 1.53 bits per heavy atom. The molecular weight excluding hydrogens is 214 g/mol. The molecule has 0 amide bonds. The minimum Gasteiger partial charge on any atom is -0.478 e. The monoisotopic (exact) mass is 233 g/mol. The van der Waals surface area contributed by atoms with Crippen LogP contribution in [-0.4, -0.2) is 24.7 Å². The van der Waals surface area contributed by atoms with Crippen LogP contribution < -0.4 is 4.90 Å². The summed E-state index contributed by atoms with van der Waals surface area (Å²) in [5.41, 5.74) is 2.21. The number of carbonyl (C=O) groups is 1. The maximum Gasteiger partial charge on any atom is 0.337 e. The van der Waals surface area contributed by atoms with Crippen LogP contribution in [0.5, 0.6) is 0 Å². The second kappa shape index (κ2) is 4.40. The van der Waals surface area contributed by atoms with E-state index in [-0.39, 0.29) is 0 Å². The summed E-state index contributed by atoms with van der Waals surface area (Å²) in [5, 5.41) is 9.21. The third-order valence-electron chi connectivity index (χ3n) is 3.58. The highest BCUT2D eigenvalue weighted by Gasteiger charge is 2.33. The molecule has 1 aliphatic carbocycles. The molecule has 0 aromatic heterocycles. The number of nitrogens with zero attached hydrogens (tertiary/aromatic N) is 1. The van der Waals surface area contributed by atoms with Crippen LogP contribution in [0.2, 0.25) is 0 Å². The third-order valence-corrected chi connectivity index (χ3v) is 3.58. The molecule has 92 valence electrons. The predicted molar refractivity (Wildman–Crippen MR) is 68.7 cm³/mol. The first-order chi connectivity index (χ1) is 7.99. The molecule has 2 rings (SSSR count). The van der Waals surface area contributed by atoms with Gasteiger partial charge in [0, 0.05) is 13.6 Å². The summed E-state index contributed by atoms with van der Waals surface area (Å²) in [7, 11) is 1.97. The molecule has 1 saturated carbocycles. The minimum absolute atomic E-state index is 0.404. The van der Waals surface area contributed by atoms with Gasteiger partial charge in [-0.1, -0.05) is 18.6 Å². The van der Waals surface area contributed by atoms with Gasteiger partial charge in [-0.05, 0) is 37.3 Å². The summed E-state index contributed by atoms with van der Waals surface area (Å²) in [6, 6.07) is 5.62. The number of carboxylic acids is 1. The van der Waals surface area contributed by atoms with Crippen molar-refractivity contribution in [3.63, 3.8) is 0 Å². The lowest BCUT2D eigenvalue weighted by molar-refractivity contribution is 0.0697. The number of rotatable bonds is 4. The Balaban J connectivity index is 2.21. The molecule has 1 fully saturated rings. The van der Waals surface area contributed by atoms with Crippen molar-refractivity contribution in [3.8, 4) is 0 Å². The molecule has 0 radical (unpaired) electrons. The van der Waals surface area contributed by atoms with Gasteiger partial charge in [0.1, 0.15) is 0 Å². The van der Waals surface area contributed by atoms with E-state index >= 15 is 0 Å². The van der Waals surface area contributed by atoms with Gasteiger partial charge in [0.15, 0.2) is 0 Å². The van der Waals surface area contributed by atoms with Crippen LogP contribution in [0.4, 0.5) is 5.69 Å². The summed E-state index contributed by atoms with van der Waals surface area (Å²) in [6.45, 7) is 5.11. The van der Waals surface area contributed by atoms with E-state index < -0.39 is 5.97 Å². The zero-order valence-electron chi connectivity index (χ0n) is 10.6. The lowest BCUT2D eigenvalue weighted by atomic mass is 10.1. The molecule has 17 heavy (non-hydrogen) atoms. The van der Waals surface area contributed by atoms with Gasteiger partial charge in [-0.25, -0.2) is 4.79 Å². The molecule has 1 aliphatic rings. The maximum atomic E-state index is 11.2. The first-order valence-electron chi connectivity index (χ1n) is 6.04. The van der Waals surface area contributed by atoms with Crippen LogP contribution in [0.1, 0.15) is 29.3 Å². The van der Waals surface area contributed by atoms with Gasteiger partial charge in [0.25, 0.3) is 0 Å². The predicted octanol–water partition coefficient (Wildman–Crippen LogP) is 2.79. The maximum absolute atomic E-state index is 11.2. The Morgan fingerprint density at radius 3 is 2.71 bits per heavy atom. The summed E-state index contributed by atoms with van der Waals surface area (Å²) in [4.78, 5) is 13.3. The fourth-order valence-corrected chi connectivity index (χ4v) is 2.26. The highest BCUT2D eigenvalue weighted by molar-refractivity contribution is 5.94. The molecule has 3 heteroatoms. The Kier molecular flexibility index (Phi) is 3.09. The zero-order chi connectivity index (χ0) is 12.6. The van der Waals surface area contributed by atoms with E-state index in [0.29, 0.717) is 5.56 Å². The lowest BCUT2D eigenvalue weighted by Crippen LogP contribution is -2.23. The number of hydrogen-bond acceptors (Lipinski definition) is 2. The fourth-order valence-electron chi connectivity index (χ4n) is 2.26. The highest BCUT2D eigenvalue weighted by Crippen LogP contribution is 2.39. The molecule has 2 atom stereocenters. The first kappa shape index (κ1) is 12.0. The SMILES string of the molecule is Cc1ccc(N(C)CC2CC2C)c(C(=O)O)c1. The van der Waals surface area contributed by atoms with E-state index in [4.69, 9.17) is 0 Å². The van der Waals surface area contributed by atoms with E-state index in [1.165, 1.54) is 6.42 Å². The highest BCUT2D eigenvalue weighted by atomic mass is 16.4. The standard InChI is InChI=1S/C14H19NO2/c1-9-4-5-13(12(6-9)14(16)17)15(3)8-11-7-10(11)2/h4-6,10-11H,7-8H2,1-3H3,(H,16,17). The Morgan fingerprint density at radius 2 is 2.18 bits per heavy atom. The van der Waals surface area contributed by atoms with Crippen molar-refractivity contribution in [2.45, 2.75) is 20.3 Å². The van der Waals surface area contributed by atoms with E-state index in [1.807, 2.05) is 26.1 Å². The van der Waals surface area contributed by atoms with Gasteiger partial charge in [0.2, 0.25) is 0 Å². The van der Waals surface area contributed by atoms with Crippen molar-refractivity contribution in [1.29, 1.82) is 0 Å². The summed E-state index contributed by atoms with van der Waals surface area (Å²) < 4.78 is 0. The number of aromatic carboxylic acids is 1. The van der Waals surface area contributed by atoms with Crippen LogP contribution in [0.15, 0.2) is 18.2 Å². The van der Waals surface area contributed by atoms with Crippen molar-refractivity contribution in [2.75, 3.05) is 18.5 Å². The van der Waals surface area contributed by atoms with E-state index in [1.54, 1.807) is 6.07 Å². The second-order valence-corrected chi connectivity index (χ2v) is 5.18. The van der Waals surface area contributed by atoms with Crippen LogP contribution in [0.25, 0.3) is 0 Å². The molecule has 0 aliphatic heterocycles. The largest absolute Gasteiger partial charge is 0.478 e. The van der Waals surface area contributed by atoms with Gasteiger partial charge >= 0.3 is 5.97 Å². The van der Waals surface area contributed by atoms with E-state index in [0.717, 1.165) is 29.6 Å². The second-order valence-electron chi connectivity index (χ2n) is 5.18. The Bertz CT molecular complexity index is 442. The molecule has 2 unspecified atom stereocenters.